The van der Waals surface area contributed by atoms with Gasteiger partial charge in [0.05, 0.1) is 0 Å². The van der Waals surface area contributed by atoms with Crippen LogP contribution in [0.3, 0.4) is 0 Å². The molecule has 2 heteroatoms. The lowest BCUT2D eigenvalue weighted by Crippen LogP contribution is -1.94. The monoisotopic (exact) mass is 477 g/mol. The van der Waals surface area contributed by atoms with Gasteiger partial charge in [-0.25, -0.2) is 0 Å². The first-order chi connectivity index (χ1) is 18.1. The molecule has 0 fully saturated rings. The average Bonchev–Trinajstić information content (AvgIpc) is 3.33. The molecule has 0 aliphatic rings. The summed E-state index contributed by atoms with van der Waals surface area (Å²) in [5.74, 6) is 0.374. The van der Waals surface area contributed by atoms with Gasteiger partial charge in [-0.1, -0.05) is 86.6 Å². The second kappa shape index (κ2) is 8.31. The van der Waals surface area contributed by atoms with Crippen LogP contribution in [0, 0.1) is 6.92 Å². The molecule has 2 nitrogen and oxygen atoms in total. The zero-order valence-corrected chi connectivity index (χ0v) is 21.2. The summed E-state index contributed by atoms with van der Waals surface area (Å²) < 4.78 is 6.65. The summed E-state index contributed by atoms with van der Waals surface area (Å²) in [5, 5.41) is 7.37. The predicted molar refractivity (Wildman–Crippen MR) is 156 cm³/mol. The van der Waals surface area contributed by atoms with E-state index in [1.807, 2.05) is 12.3 Å². The van der Waals surface area contributed by atoms with E-state index in [9.17, 15) is 0 Å². The number of pyridine rings is 1. The average molecular weight is 478 g/mol. The molecule has 7 aromatic rings. The molecule has 0 aliphatic carbocycles. The van der Waals surface area contributed by atoms with Crippen LogP contribution in [0.2, 0.25) is 0 Å². The Labute approximate surface area is 216 Å². The van der Waals surface area contributed by atoms with Crippen molar-refractivity contribution in [1.82, 2.24) is 4.98 Å². The number of fused-ring (bicyclic) bond motifs is 6. The summed E-state index contributed by atoms with van der Waals surface area (Å²) >= 11 is 0. The number of aromatic nitrogens is 1. The molecule has 0 aliphatic heterocycles. The van der Waals surface area contributed by atoms with E-state index in [0.717, 1.165) is 38.8 Å². The number of aryl methyl sites for hydroxylation is 1. The second-order valence-corrected chi connectivity index (χ2v) is 10.2. The number of nitrogens with zero attached hydrogens (tertiary/aromatic N) is 1. The molecule has 0 saturated carbocycles. The second-order valence-electron chi connectivity index (χ2n) is 10.2. The fourth-order valence-electron chi connectivity index (χ4n) is 5.81. The molecule has 7 rings (SSSR count). The predicted octanol–water partition coefficient (Wildman–Crippen LogP) is 10.1. The van der Waals surface area contributed by atoms with E-state index in [1.54, 1.807) is 0 Å². The highest BCUT2D eigenvalue weighted by molar-refractivity contribution is 6.13. The first-order valence-electron chi connectivity index (χ1n) is 12.9. The van der Waals surface area contributed by atoms with Gasteiger partial charge in [-0.3, -0.25) is 4.98 Å². The van der Waals surface area contributed by atoms with Gasteiger partial charge in [-0.2, -0.15) is 0 Å². The summed E-state index contributed by atoms with van der Waals surface area (Å²) in [7, 11) is 0. The molecule has 5 aromatic carbocycles. The maximum Gasteiger partial charge on any atom is 0.161 e. The Hall–Kier alpha value is -4.43. The molecule has 0 amide bonds. The van der Waals surface area contributed by atoms with E-state index in [2.05, 4.69) is 112 Å². The molecule has 178 valence electrons. The van der Waals surface area contributed by atoms with Crippen LogP contribution in [0.1, 0.15) is 30.9 Å². The highest BCUT2D eigenvalue weighted by Gasteiger charge is 2.19. The van der Waals surface area contributed by atoms with Gasteiger partial charge in [0.1, 0.15) is 11.3 Å². The van der Waals surface area contributed by atoms with E-state index in [-0.39, 0.29) is 0 Å². The van der Waals surface area contributed by atoms with Gasteiger partial charge < -0.3 is 4.42 Å². The van der Waals surface area contributed by atoms with E-state index >= 15 is 0 Å². The summed E-state index contributed by atoms with van der Waals surface area (Å²) in [4.78, 5) is 4.86. The molecule has 0 saturated heterocycles. The van der Waals surface area contributed by atoms with Crippen LogP contribution in [0.25, 0.3) is 65.9 Å². The molecular formula is C35H27NO. The van der Waals surface area contributed by atoms with Crippen LogP contribution in [0.4, 0.5) is 0 Å². The van der Waals surface area contributed by atoms with Crippen LogP contribution < -0.4 is 0 Å². The molecule has 37 heavy (non-hydrogen) atoms. The molecule has 0 N–H and O–H groups in total. The van der Waals surface area contributed by atoms with Gasteiger partial charge in [0.15, 0.2) is 5.58 Å². The summed E-state index contributed by atoms with van der Waals surface area (Å²) in [6.07, 6.45) is 1.91. The molecular weight excluding hydrogens is 450 g/mol. The van der Waals surface area contributed by atoms with E-state index in [0.29, 0.717) is 5.92 Å². The van der Waals surface area contributed by atoms with E-state index in [1.165, 1.54) is 38.2 Å². The molecule has 0 radical (unpaired) electrons. The molecule has 2 aromatic heterocycles. The first-order valence-corrected chi connectivity index (χ1v) is 12.9. The summed E-state index contributed by atoms with van der Waals surface area (Å²) in [5.41, 5.74) is 8.65. The Morgan fingerprint density at radius 2 is 1.41 bits per heavy atom. The van der Waals surface area contributed by atoms with Gasteiger partial charge in [0.25, 0.3) is 0 Å². The van der Waals surface area contributed by atoms with Gasteiger partial charge in [-0.15, -0.1) is 0 Å². The Bertz CT molecular complexity index is 1960. The van der Waals surface area contributed by atoms with Crippen molar-refractivity contribution in [3.05, 3.63) is 114 Å². The minimum Gasteiger partial charge on any atom is -0.453 e. The lowest BCUT2D eigenvalue weighted by atomic mass is 9.89. The fraction of sp³-hybridized carbons (Fsp3) is 0.114. The maximum atomic E-state index is 6.65. The number of hydrogen-bond acceptors (Lipinski definition) is 2. The van der Waals surface area contributed by atoms with Gasteiger partial charge in [-0.05, 0) is 75.3 Å². The van der Waals surface area contributed by atoms with Gasteiger partial charge in [0, 0.05) is 28.1 Å². The van der Waals surface area contributed by atoms with Crippen molar-refractivity contribution in [3.63, 3.8) is 0 Å². The van der Waals surface area contributed by atoms with Crippen molar-refractivity contribution < 1.29 is 4.42 Å². The summed E-state index contributed by atoms with van der Waals surface area (Å²) in [6, 6.07) is 34.7. The minimum absolute atomic E-state index is 0.374. The van der Waals surface area contributed by atoms with Crippen molar-refractivity contribution in [2.75, 3.05) is 0 Å². The Morgan fingerprint density at radius 3 is 2.24 bits per heavy atom. The number of benzene rings is 5. The van der Waals surface area contributed by atoms with Gasteiger partial charge in [0.2, 0.25) is 0 Å². The third kappa shape index (κ3) is 3.37. The zero-order valence-electron chi connectivity index (χ0n) is 21.2. The molecule has 0 spiro atoms. The molecule has 0 unspecified atom stereocenters. The quantitative estimate of drug-likeness (QED) is 0.237. The van der Waals surface area contributed by atoms with Crippen molar-refractivity contribution in [2.45, 2.75) is 26.7 Å². The van der Waals surface area contributed by atoms with Crippen molar-refractivity contribution in [2.24, 2.45) is 0 Å². The SMILES string of the molecule is Cc1c(-c2ccccc2)ccc2c1oc1c(-c3cc(C(C)C)c4c(ccc5ccccc54)c3)nccc12. The minimum atomic E-state index is 0.374. The normalized spacial score (nSPS) is 11.9. The van der Waals surface area contributed by atoms with E-state index in [4.69, 9.17) is 9.40 Å². The lowest BCUT2D eigenvalue weighted by molar-refractivity contribution is 0.665. The smallest absolute Gasteiger partial charge is 0.161 e. The van der Waals surface area contributed by atoms with Crippen LogP contribution in [0.5, 0.6) is 0 Å². The number of hydrogen-bond donors (Lipinski definition) is 0. The third-order valence-corrected chi connectivity index (χ3v) is 7.66. The molecule has 2 heterocycles. The number of furan rings is 1. The Morgan fingerprint density at radius 1 is 0.649 bits per heavy atom. The standard InChI is InChI=1S/C35H27NO/c1-21(2)31-20-26(19-25-14-13-24-11-7-8-12-28(24)32(25)31)33-35-30(17-18-36-33)29-16-15-27(22(3)34(29)37-35)23-9-5-4-6-10-23/h4-21H,1-3H3. The Balaban J connectivity index is 1.50. The fourth-order valence-corrected chi connectivity index (χ4v) is 5.81. The van der Waals surface area contributed by atoms with Crippen LogP contribution in [0.15, 0.2) is 108 Å². The summed E-state index contributed by atoms with van der Waals surface area (Å²) in [6.45, 7) is 6.69. The highest BCUT2D eigenvalue weighted by Crippen LogP contribution is 2.41. The van der Waals surface area contributed by atoms with Crippen molar-refractivity contribution in [3.8, 4) is 22.4 Å². The van der Waals surface area contributed by atoms with Crippen LogP contribution in [-0.2, 0) is 0 Å². The largest absolute Gasteiger partial charge is 0.453 e. The lowest BCUT2D eigenvalue weighted by Gasteiger charge is -2.15. The van der Waals surface area contributed by atoms with Crippen LogP contribution in [-0.4, -0.2) is 4.98 Å². The molecule has 0 atom stereocenters. The van der Waals surface area contributed by atoms with E-state index < -0.39 is 0 Å². The third-order valence-electron chi connectivity index (χ3n) is 7.66. The van der Waals surface area contributed by atoms with Crippen molar-refractivity contribution >= 4 is 43.5 Å². The topological polar surface area (TPSA) is 26.0 Å². The van der Waals surface area contributed by atoms with Crippen molar-refractivity contribution in [1.29, 1.82) is 0 Å². The first kappa shape index (κ1) is 21.8. The highest BCUT2D eigenvalue weighted by atomic mass is 16.3. The Kier molecular flexibility index (Phi) is 4.90. The maximum absolute atomic E-state index is 6.65. The van der Waals surface area contributed by atoms with Crippen LogP contribution >= 0.6 is 0 Å². The van der Waals surface area contributed by atoms with Gasteiger partial charge >= 0.3 is 0 Å². The molecule has 0 bridgehead atoms. The zero-order chi connectivity index (χ0) is 25.1. The number of rotatable bonds is 3.